The lowest BCUT2D eigenvalue weighted by molar-refractivity contribution is 0.799. The van der Waals surface area contributed by atoms with Crippen molar-refractivity contribution in [1.29, 1.82) is 5.26 Å². The van der Waals surface area contributed by atoms with Gasteiger partial charge in [-0.15, -0.1) is 0 Å². The van der Waals surface area contributed by atoms with Gasteiger partial charge in [0.1, 0.15) is 0 Å². The lowest BCUT2D eigenvalue weighted by Gasteiger charge is -2.26. The highest BCUT2D eigenvalue weighted by atomic mass is 15.1. The van der Waals surface area contributed by atoms with Crippen LogP contribution in [0.3, 0.4) is 0 Å². The Kier molecular flexibility index (Phi) is 5.27. The molecule has 0 N–H and O–H groups in total. The quantitative estimate of drug-likeness (QED) is 0.643. The first kappa shape index (κ1) is 15.8. The molecule has 0 unspecified atom stereocenters. The van der Waals surface area contributed by atoms with Gasteiger partial charge >= 0.3 is 0 Å². The summed E-state index contributed by atoms with van der Waals surface area (Å²) in [5.41, 5.74) is 4.76. The molecule has 118 valence electrons. The van der Waals surface area contributed by atoms with Gasteiger partial charge in [0.2, 0.25) is 0 Å². The predicted molar refractivity (Wildman–Crippen MR) is 98.5 cm³/mol. The van der Waals surface area contributed by atoms with Gasteiger partial charge < -0.3 is 4.90 Å². The summed E-state index contributed by atoms with van der Waals surface area (Å²) in [7, 11) is 0. The van der Waals surface area contributed by atoms with Gasteiger partial charge in [-0.05, 0) is 28.8 Å². The number of benzene rings is 3. The smallest absolute Gasteiger partial charge is 0.0669 e. The molecule has 0 radical (unpaired) electrons. The highest BCUT2D eigenvalue weighted by Gasteiger charge is 2.09. The Morgan fingerprint density at radius 1 is 0.667 bits per heavy atom. The molecule has 0 amide bonds. The Balaban J connectivity index is 1.89. The van der Waals surface area contributed by atoms with E-state index in [0.29, 0.717) is 6.42 Å². The van der Waals surface area contributed by atoms with Crippen LogP contribution in [0.15, 0.2) is 84.9 Å². The number of nitrogens with zero attached hydrogens (tertiary/aromatic N) is 2. The SMILES string of the molecule is N#CCc1cccc(N(Cc2ccccc2)Cc2ccccc2)c1. The van der Waals surface area contributed by atoms with Crippen molar-refractivity contribution in [3.05, 3.63) is 102 Å². The van der Waals surface area contributed by atoms with Gasteiger partial charge in [-0.25, -0.2) is 0 Å². The first-order chi connectivity index (χ1) is 11.8. The fourth-order valence-electron chi connectivity index (χ4n) is 2.80. The summed E-state index contributed by atoms with van der Waals surface area (Å²) in [4.78, 5) is 2.35. The minimum Gasteiger partial charge on any atom is -0.363 e. The Hall–Kier alpha value is -3.05. The van der Waals surface area contributed by atoms with Crippen LogP contribution in [0.5, 0.6) is 0 Å². The summed E-state index contributed by atoms with van der Waals surface area (Å²) in [6.07, 6.45) is 0.443. The van der Waals surface area contributed by atoms with Crippen molar-refractivity contribution < 1.29 is 0 Å². The van der Waals surface area contributed by atoms with E-state index in [1.165, 1.54) is 11.1 Å². The molecule has 0 bridgehead atoms. The second-order valence-electron chi connectivity index (χ2n) is 5.83. The van der Waals surface area contributed by atoms with Crippen LogP contribution in [-0.2, 0) is 19.5 Å². The Morgan fingerprint density at radius 3 is 1.75 bits per heavy atom. The van der Waals surface area contributed by atoms with E-state index >= 15 is 0 Å². The molecule has 3 aromatic rings. The van der Waals surface area contributed by atoms with E-state index in [9.17, 15) is 0 Å². The maximum atomic E-state index is 8.96. The van der Waals surface area contributed by atoms with Crippen molar-refractivity contribution in [1.82, 2.24) is 0 Å². The van der Waals surface area contributed by atoms with Gasteiger partial charge in [-0.2, -0.15) is 5.26 Å². The van der Waals surface area contributed by atoms with Gasteiger partial charge in [0, 0.05) is 18.8 Å². The molecule has 0 atom stereocenters. The monoisotopic (exact) mass is 312 g/mol. The zero-order chi connectivity index (χ0) is 16.6. The van der Waals surface area contributed by atoms with Gasteiger partial charge in [-0.3, -0.25) is 0 Å². The van der Waals surface area contributed by atoms with Crippen molar-refractivity contribution in [3.8, 4) is 6.07 Å². The number of nitriles is 1. The fraction of sp³-hybridized carbons (Fsp3) is 0.136. The third-order valence-electron chi connectivity index (χ3n) is 3.99. The number of hydrogen-bond acceptors (Lipinski definition) is 2. The summed E-state index contributed by atoms with van der Waals surface area (Å²) in [5.74, 6) is 0. The maximum Gasteiger partial charge on any atom is 0.0669 e. The number of rotatable bonds is 6. The van der Waals surface area contributed by atoms with Crippen LogP contribution in [0.2, 0.25) is 0 Å². The van der Waals surface area contributed by atoms with E-state index in [1.54, 1.807) is 0 Å². The average Bonchev–Trinajstić information content (AvgIpc) is 2.63. The standard InChI is InChI=1S/C22H20N2/c23-15-14-19-12-7-13-22(16-19)24(17-20-8-3-1-4-9-20)18-21-10-5-2-6-11-21/h1-13,16H,14,17-18H2. The van der Waals surface area contributed by atoms with Crippen LogP contribution in [-0.4, -0.2) is 0 Å². The van der Waals surface area contributed by atoms with Crippen LogP contribution >= 0.6 is 0 Å². The Morgan fingerprint density at radius 2 is 1.21 bits per heavy atom. The molecule has 0 aliphatic rings. The Labute approximate surface area is 143 Å². The third kappa shape index (κ3) is 4.24. The summed E-state index contributed by atoms with van der Waals surface area (Å²) in [6.45, 7) is 1.68. The maximum absolute atomic E-state index is 8.96. The highest BCUT2D eigenvalue weighted by molar-refractivity contribution is 5.50. The van der Waals surface area contributed by atoms with E-state index < -0.39 is 0 Å². The third-order valence-corrected chi connectivity index (χ3v) is 3.99. The van der Waals surface area contributed by atoms with E-state index in [2.05, 4.69) is 71.6 Å². The molecule has 2 heteroatoms. The highest BCUT2D eigenvalue weighted by Crippen LogP contribution is 2.22. The summed E-state index contributed by atoms with van der Waals surface area (Å²) >= 11 is 0. The topological polar surface area (TPSA) is 27.0 Å². The second-order valence-corrected chi connectivity index (χ2v) is 5.83. The molecule has 0 saturated carbocycles. The molecule has 24 heavy (non-hydrogen) atoms. The average molecular weight is 312 g/mol. The minimum absolute atomic E-state index is 0.443. The lowest BCUT2D eigenvalue weighted by Crippen LogP contribution is -2.22. The molecule has 0 fully saturated rings. The molecule has 3 rings (SSSR count). The zero-order valence-corrected chi connectivity index (χ0v) is 13.6. The molecule has 0 aliphatic heterocycles. The van der Waals surface area contributed by atoms with Crippen LogP contribution in [0.1, 0.15) is 16.7 Å². The summed E-state index contributed by atoms with van der Waals surface area (Å²) < 4.78 is 0. The molecule has 0 aromatic heterocycles. The van der Waals surface area contributed by atoms with Crippen LogP contribution in [0, 0.1) is 11.3 Å². The normalized spacial score (nSPS) is 10.1. The zero-order valence-electron chi connectivity index (χ0n) is 13.6. The van der Waals surface area contributed by atoms with E-state index in [-0.39, 0.29) is 0 Å². The first-order valence-electron chi connectivity index (χ1n) is 8.14. The van der Waals surface area contributed by atoms with Crippen molar-refractivity contribution >= 4 is 5.69 Å². The van der Waals surface area contributed by atoms with Crippen molar-refractivity contribution in [2.45, 2.75) is 19.5 Å². The molecule has 0 heterocycles. The number of anilines is 1. The van der Waals surface area contributed by atoms with Crippen LogP contribution in [0.4, 0.5) is 5.69 Å². The molecule has 0 spiro atoms. The first-order valence-corrected chi connectivity index (χ1v) is 8.14. The second kappa shape index (κ2) is 7.99. The molecule has 0 saturated heterocycles. The lowest BCUT2D eigenvalue weighted by atomic mass is 10.1. The predicted octanol–water partition coefficient (Wildman–Crippen LogP) is 4.96. The van der Waals surface area contributed by atoms with Crippen molar-refractivity contribution in [3.63, 3.8) is 0 Å². The van der Waals surface area contributed by atoms with Crippen LogP contribution < -0.4 is 4.90 Å². The van der Waals surface area contributed by atoms with Gasteiger partial charge in [0.25, 0.3) is 0 Å². The van der Waals surface area contributed by atoms with E-state index in [4.69, 9.17) is 5.26 Å². The van der Waals surface area contributed by atoms with Gasteiger partial charge in [0.05, 0.1) is 12.5 Å². The Bertz CT molecular complexity index is 763. The molecular formula is C22H20N2. The van der Waals surface area contributed by atoms with Gasteiger partial charge in [-0.1, -0.05) is 72.8 Å². The van der Waals surface area contributed by atoms with Crippen molar-refractivity contribution in [2.75, 3.05) is 4.90 Å². The van der Waals surface area contributed by atoms with E-state index in [0.717, 1.165) is 24.3 Å². The largest absolute Gasteiger partial charge is 0.363 e. The van der Waals surface area contributed by atoms with E-state index in [1.807, 2.05) is 24.3 Å². The minimum atomic E-state index is 0.443. The van der Waals surface area contributed by atoms with Crippen LogP contribution in [0.25, 0.3) is 0 Å². The van der Waals surface area contributed by atoms with Gasteiger partial charge in [0.15, 0.2) is 0 Å². The molecule has 3 aromatic carbocycles. The molecule has 2 nitrogen and oxygen atoms in total. The summed E-state index contributed by atoms with van der Waals surface area (Å²) in [5, 5.41) is 8.96. The fourth-order valence-corrected chi connectivity index (χ4v) is 2.80. The van der Waals surface area contributed by atoms with Crippen molar-refractivity contribution in [2.24, 2.45) is 0 Å². The number of hydrogen-bond donors (Lipinski definition) is 0. The molecular weight excluding hydrogens is 292 g/mol. The molecule has 0 aliphatic carbocycles. The summed E-state index contributed by atoms with van der Waals surface area (Å²) in [6, 6.07) is 31.5.